The Morgan fingerprint density at radius 1 is 1.11 bits per heavy atom. The number of benzene rings is 2. The molecule has 0 saturated carbocycles. The van der Waals surface area contributed by atoms with Gasteiger partial charge in [0, 0.05) is 50.0 Å². The van der Waals surface area contributed by atoms with Crippen LogP contribution in [0.4, 0.5) is 19.3 Å². The van der Waals surface area contributed by atoms with Crippen LogP contribution in [0.5, 0.6) is 5.75 Å². The summed E-state index contributed by atoms with van der Waals surface area (Å²) in [6, 6.07) is 5.79. The number of halogens is 3. The molecule has 0 aliphatic carbocycles. The largest absolute Gasteiger partial charge is 0.494 e. The van der Waals surface area contributed by atoms with Gasteiger partial charge in [-0.1, -0.05) is 11.6 Å². The quantitative estimate of drug-likeness (QED) is 0.262. The molecule has 3 heterocycles. The van der Waals surface area contributed by atoms with Crippen molar-refractivity contribution in [3.8, 4) is 17.0 Å². The second kappa shape index (κ2) is 14.3. The van der Waals surface area contributed by atoms with Crippen LogP contribution < -0.4 is 20.7 Å². The number of nitrogens with zero attached hydrogens (tertiary/aromatic N) is 4. The van der Waals surface area contributed by atoms with E-state index in [2.05, 4.69) is 25.8 Å². The van der Waals surface area contributed by atoms with E-state index in [0.717, 1.165) is 13.1 Å². The number of amides is 5. The van der Waals surface area contributed by atoms with Gasteiger partial charge in [0.2, 0.25) is 11.7 Å². The van der Waals surface area contributed by atoms with Crippen LogP contribution in [0.2, 0.25) is 5.02 Å². The third kappa shape index (κ3) is 7.61. The summed E-state index contributed by atoms with van der Waals surface area (Å²) in [6.45, 7) is 3.04. The highest BCUT2D eigenvalue weighted by Gasteiger charge is 2.33. The van der Waals surface area contributed by atoms with Crippen molar-refractivity contribution in [3.05, 3.63) is 64.6 Å². The molecule has 1 unspecified atom stereocenters. The highest BCUT2D eigenvalue weighted by Crippen LogP contribution is 2.30. The van der Waals surface area contributed by atoms with E-state index in [9.17, 15) is 32.8 Å². The van der Waals surface area contributed by atoms with Gasteiger partial charge in [-0.3, -0.25) is 24.5 Å². The molecule has 238 valence electrons. The smallest absolute Gasteiger partial charge is 0.322 e. The number of piperazine rings is 1. The third-order valence-corrected chi connectivity index (χ3v) is 7.54. The number of imidazole rings is 1. The molecule has 0 radical (unpaired) electrons. The monoisotopic (exact) mass is 645 g/mol. The molecule has 0 spiro atoms. The number of methoxy groups -OCH3 is 1. The Balaban J connectivity index is 0.000000231. The van der Waals surface area contributed by atoms with E-state index in [1.54, 1.807) is 4.90 Å². The summed E-state index contributed by atoms with van der Waals surface area (Å²) in [7, 11) is 4.74. The number of rotatable bonds is 7. The van der Waals surface area contributed by atoms with E-state index in [1.165, 1.54) is 55.3 Å². The lowest BCUT2D eigenvalue weighted by Crippen LogP contribution is -2.48. The molecule has 2 fully saturated rings. The minimum Gasteiger partial charge on any atom is -0.494 e. The van der Waals surface area contributed by atoms with E-state index in [4.69, 9.17) is 16.3 Å². The fourth-order valence-corrected chi connectivity index (χ4v) is 4.83. The van der Waals surface area contributed by atoms with Gasteiger partial charge in [-0.05, 0) is 37.4 Å². The Kier molecular flexibility index (Phi) is 10.5. The maximum Gasteiger partial charge on any atom is 0.322 e. The highest BCUT2D eigenvalue weighted by molar-refractivity contribution is 6.33. The van der Waals surface area contributed by atoms with Crippen molar-refractivity contribution in [1.82, 2.24) is 30.0 Å². The molecule has 5 rings (SSSR count). The molecule has 3 aromatic rings. The maximum atomic E-state index is 14.3. The lowest BCUT2D eigenvalue weighted by Gasteiger charge is -2.32. The molecule has 0 bridgehead atoms. The Hall–Kier alpha value is -4.89. The lowest BCUT2D eigenvalue weighted by atomic mass is 10.1. The first-order valence-electron chi connectivity index (χ1n) is 13.6. The third-order valence-electron chi connectivity index (χ3n) is 7.21. The molecule has 1 aromatic heterocycles. The van der Waals surface area contributed by atoms with Gasteiger partial charge in [-0.15, -0.1) is 0 Å². The molecule has 3 N–H and O–H groups in total. The first-order valence-corrected chi connectivity index (χ1v) is 14.0. The van der Waals surface area contributed by atoms with Crippen LogP contribution in [0.15, 0.2) is 36.5 Å². The molecule has 13 nitrogen and oxygen atoms in total. The summed E-state index contributed by atoms with van der Waals surface area (Å²) in [5.74, 6) is -3.57. The SMILES string of the molecule is CN1CCN(C(=O)CC2NC(=O)NC2=O)CC1.COc1ccc(-c2cnc(C(=O)Nc3ccc(C=O)c(Cl)c3)n2C)c(F)c1F. The number of aromatic nitrogens is 2. The zero-order chi connectivity index (χ0) is 32.8. The van der Waals surface area contributed by atoms with Crippen molar-refractivity contribution in [1.29, 1.82) is 0 Å². The first kappa shape index (κ1) is 33.0. The molecule has 2 aliphatic rings. The van der Waals surface area contributed by atoms with Crippen molar-refractivity contribution in [2.24, 2.45) is 7.05 Å². The summed E-state index contributed by atoms with van der Waals surface area (Å²) >= 11 is 5.94. The van der Waals surface area contributed by atoms with Gasteiger partial charge < -0.3 is 29.7 Å². The van der Waals surface area contributed by atoms with Crippen LogP contribution in [0.25, 0.3) is 11.3 Å². The standard InChI is InChI=1S/C19H14ClF2N3O3.C10H16N4O3/c1-25-14(12-5-6-15(28-2)17(22)16(12)21)8-23-18(25)19(27)24-11-4-3-10(9-26)13(20)7-11;1-13-2-4-14(5-3-13)8(15)6-7-9(16)12-10(17)11-7/h3-9H,1-2H3,(H,24,27);7H,2-6H2,1H3,(H2,11,12,16,17). The van der Waals surface area contributed by atoms with Gasteiger partial charge in [-0.25, -0.2) is 14.2 Å². The Labute approximate surface area is 261 Å². The van der Waals surface area contributed by atoms with Gasteiger partial charge in [0.05, 0.1) is 30.4 Å². The van der Waals surface area contributed by atoms with Crippen LogP contribution in [0.1, 0.15) is 27.4 Å². The summed E-state index contributed by atoms with van der Waals surface area (Å²) in [6.07, 6.45) is 1.91. The second-order valence-electron chi connectivity index (χ2n) is 10.2. The number of ether oxygens (including phenoxy) is 1. The lowest BCUT2D eigenvalue weighted by molar-refractivity contribution is -0.135. The Bertz CT molecular complexity index is 1640. The van der Waals surface area contributed by atoms with Crippen molar-refractivity contribution >= 4 is 47.3 Å². The number of imide groups is 1. The summed E-state index contributed by atoms with van der Waals surface area (Å²) in [4.78, 5) is 65.2. The van der Waals surface area contributed by atoms with Gasteiger partial charge in [0.15, 0.2) is 23.7 Å². The summed E-state index contributed by atoms with van der Waals surface area (Å²) in [5, 5.41) is 7.31. The van der Waals surface area contributed by atoms with Gasteiger partial charge in [-0.2, -0.15) is 4.39 Å². The van der Waals surface area contributed by atoms with E-state index < -0.39 is 35.5 Å². The maximum absolute atomic E-state index is 14.3. The van der Waals surface area contributed by atoms with Gasteiger partial charge >= 0.3 is 6.03 Å². The molecule has 2 saturated heterocycles. The van der Waals surface area contributed by atoms with Crippen molar-refractivity contribution in [2.75, 3.05) is 45.7 Å². The van der Waals surface area contributed by atoms with Crippen molar-refractivity contribution in [2.45, 2.75) is 12.5 Å². The number of hydrogen-bond donors (Lipinski definition) is 3. The van der Waals surface area contributed by atoms with Gasteiger partial charge in [0.25, 0.3) is 11.8 Å². The number of carbonyl (C=O) groups is 5. The van der Waals surface area contributed by atoms with Crippen LogP contribution in [0.3, 0.4) is 0 Å². The van der Waals surface area contributed by atoms with Crippen LogP contribution in [-0.2, 0) is 16.6 Å². The molecular formula is C29H30ClF2N7O6. The Morgan fingerprint density at radius 2 is 1.82 bits per heavy atom. The van der Waals surface area contributed by atoms with E-state index in [0.29, 0.717) is 25.1 Å². The minimum absolute atomic E-state index is 0.0267. The van der Waals surface area contributed by atoms with Crippen LogP contribution in [-0.4, -0.2) is 95.8 Å². The summed E-state index contributed by atoms with van der Waals surface area (Å²) in [5.41, 5.74) is 0.784. The fourth-order valence-electron chi connectivity index (χ4n) is 4.61. The molecular weight excluding hydrogens is 616 g/mol. The molecule has 45 heavy (non-hydrogen) atoms. The highest BCUT2D eigenvalue weighted by atomic mass is 35.5. The average molecular weight is 646 g/mol. The topological polar surface area (TPSA) is 155 Å². The normalized spacial score (nSPS) is 16.3. The van der Waals surface area contributed by atoms with Crippen LogP contribution >= 0.6 is 11.6 Å². The molecule has 2 aromatic carbocycles. The number of anilines is 1. The number of aldehydes is 1. The second-order valence-corrected chi connectivity index (χ2v) is 10.6. The Morgan fingerprint density at radius 3 is 2.42 bits per heavy atom. The predicted octanol–water partition coefficient (Wildman–Crippen LogP) is 2.45. The molecule has 16 heteroatoms. The first-order chi connectivity index (χ1) is 21.4. The minimum atomic E-state index is -1.13. The van der Waals surface area contributed by atoms with Crippen molar-refractivity contribution < 1.29 is 37.5 Å². The van der Waals surface area contributed by atoms with E-state index >= 15 is 0 Å². The number of carbonyl (C=O) groups excluding carboxylic acids is 5. The van der Waals surface area contributed by atoms with Crippen LogP contribution in [0, 0.1) is 11.6 Å². The number of hydrogen-bond acceptors (Lipinski definition) is 8. The summed E-state index contributed by atoms with van der Waals surface area (Å²) < 4.78 is 34.4. The number of likely N-dealkylation sites (N-methyl/N-ethyl adjacent to an activating group) is 1. The number of nitrogens with one attached hydrogen (secondary N) is 3. The average Bonchev–Trinajstić information content (AvgIpc) is 3.55. The van der Waals surface area contributed by atoms with E-state index in [-0.39, 0.29) is 45.7 Å². The zero-order valence-corrected chi connectivity index (χ0v) is 25.3. The predicted molar refractivity (Wildman–Crippen MR) is 159 cm³/mol. The molecule has 5 amide bonds. The number of urea groups is 1. The molecule has 1 atom stereocenters. The zero-order valence-electron chi connectivity index (χ0n) is 24.5. The van der Waals surface area contributed by atoms with Gasteiger partial charge in [0.1, 0.15) is 6.04 Å². The van der Waals surface area contributed by atoms with Crippen molar-refractivity contribution in [3.63, 3.8) is 0 Å². The molecule has 2 aliphatic heterocycles. The van der Waals surface area contributed by atoms with E-state index in [1.807, 2.05) is 7.05 Å². The fraction of sp³-hybridized carbons (Fsp3) is 0.310.